The van der Waals surface area contributed by atoms with Crippen molar-refractivity contribution >= 4 is 5.70 Å². The Kier molecular flexibility index (Phi) is 5.25. The molecule has 1 aliphatic heterocycles. The summed E-state index contributed by atoms with van der Waals surface area (Å²) >= 11 is 0. The Morgan fingerprint density at radius 2 is 2.03 bits per heavy atom. The van der Waals surface area contributed by atoms with Gasteiger partial charge in [0.1, 0.15) is 5.60 Å². The van der Waals surface area contributed by atoms with Crippen LogP contribution in [0.15, 0.2) is 48.7 Å². The highest BCUT2D eigenvalue weighted by Crippen LogP contribution is 2.48. The fourth-order valence-corrected chi connectivity index (χ4v) is 4.24. The van der Waals surface area contributed by atoms with Crippen LogP contribution in [0.1, 0.15) is 55.2 Å². The molecule has 0 bridgehead atoms. The van der Waals surface area contributed by atoms with Crippen molar-refractivity contribution in [2.24, 2.45) is 0 Å². The molecule has 7 heteroatoms. The summed E-state index contributed by atoms with van der Waals surface area (Å²) in [6, 6.07) is 11.2. The van der Waals surface area contributed by atoms with Gasteiger partial charge >= 0.3 is 6.18 Å². The maximum absolute atomic E-state index is 13.3. The Morgan fingerprint density at radius 3 is 2.76 bits per heavy atom. The summed E-state index contributed by atoms with van der Waals surface area (Å²) in [4.78, 5) is 9.98. The molecule has 0 radical (unpaired) electrons. The van der Waals surface area contributed by atoms with E-state index in [0.717, 1.165) is 37.9 Å². The van der Waals surface area contributed by atoms with Crippen molar-refractivity contribution in [2.75, 3.05) is 6.61 Å². The number of hydrogen-bond donors (Lipinski definition) is 1. The topological polar surface area (TPSA) is 43.4 Å². The molecule has 1 aromatic carbocycles. The van der Waals surface area contributed by atoms with Crippen molar-refractivity contribution < 1.29 is 22.7 Å². The largest absolute Gasteiger partial charge is 0.477 e. The van der Waals surface area contributed by atoms with Crippen molar-refractivity contribution in [3.8, 4) is 5.88 Å². The first kappa shape index (κ1) is 19.8. The zero-order chi connectivity index (χ0) is 20.5. The van der Waals surface area contributed by atoms with Crippen LogP contribution in [0.25, 0.3) is 5.70 Å². The number of pyridine rings is 1. The number of halogens is 3. The minimum Gasteiger partial charge on any atom is -0.477 e. The maximum Gasteiger partial charge on any atom is 0.417 e. The first-order valence-electron chi connectivity index (χ1n) is 9.85. The SMILES string of the molecule is CCOc1ncc(C(F)(F)F)cc1C1=C[C@]2(CCCC[C@H]2c2ccccc2)ON1. The lowest BCUT2D eigenvalue weighted by molar-refractivity contribution is -0.137. The third kappa shape index (κ3) is 3.83. The van der Waals surface area contributed by atoms with E-state index in [-0.39, 0.29) is 17.4 Å². The fraction of sp³-hybridized carbons (Fsp3) is 0.409. The predicted molar refractivity (Wildman–Crippen MR) is 103 cm³/mol. The highest BCUT2D eigenvalue weighted by Gasteiger charge is 2.46. The molecule has 1 fully saturated rings. The second-order valence-corrected chi connectivity index (χ2v) is 7.43. The molecular formula is C22H23F3N2O2. The van der Waals surface area contributed by atoms with Crippen molar-refractivity contribution in [1.82, 2.24) is 10.5 Å². The van der Waals surface area contributed by atoms with Crippen LogP contribution in [0.2, 0.25) is 0 Å². The smallest absolute Gasteiger partial charge is 0.417 e. The zero-order valence-corrected chi connectivity index (χ0v) is 16.1. The summed E-state index contributed by atoms with van der Waals surface area (Å²) in [5.74, 6) is 0.281. The van der Waals surface area contributed by atoms with E-state index in [1.165, 1.54) is 5.56 Å². The monoisotopic (exact) mass is 404 g/mol. The minimum atomic E-state index is -4.48. The van der Waals surface area contributed by atoms with E-state index >= 15 is 0 Å². The molecular weight excluding hydrogens is 381 g/mol. The zero-order valence-electron chi connectivity index (χ0n) is 16.1. The molecule has 0 unspecified atom stereocenters. The number of nitrogens with zero attached hydrogens (tertiary/aromatic N) is 1. The molecule has 1 spiro atoms. The maximum atomic E-state index is 13.3. The number of hydrogen-bond acceptors (Lipinski definition) is 4. The highest BCUT2D eigenvalue weighted by atomic mass is 19.4. The minimum absolute atomic E-state index is 0.122. The fourth-order valence-electron chi connectivity index (χ4n) is 4.24. The van der Waals surface area contributed by atoms with Crippen molar-refractivity contribution in [3.05, 3.63) is 65.4 Å². The highest BCUT2D eigenvalue weighted by molar-refractivity contribution is 5.70. The molecule has 2 heterocycles. The van der Waals surface area contributed by atoms with Gasteiger partial charge in [-0.3, -0.25) is 10.3 Å². The van der Waals surface area contributed by atoms with Crippen LogP contribution in [0, 0.1) is 0 Å². The number of nitrogens with one attached hydrogen (secondary N) is 1. The summed E-state index contributed by atoms with van der Waals surface area (Å²) in [5, 5.41) is 0. The Hall–Kier alpha value is -2.54. The Labute approximate surface area is 167 Å². The Bertz CT molecular complexity index is 899. The summed E-state index contributed by atoms with van der Waals surface area (Å²) < 4.78 is 45.2. The van der Waals surface area contributed by atoms with E-state index in [9.17, 15) is 13.2 Å². The normalized spacial score (nSPS) is 24.3. The van der Waals surface area contributed by atoms with Gasteiger partial charge in [0.05, 0.1) is 23.4 Å². The van der Waals surface area contributed by atoms with Crippen LogP contribution in [0.5, 0.6) is 5.88 Å². The quantitative estimate of drug-likeness (QED) is 0.734. The van der Waals surface area contributed by atoms with Gasteiger partial charge in [-0.25, -0.2) is 4.98 Å². The van der Waals surface area contributed by atoms with Crippen LogP contribution in [-0.2, 0) is 11.0 Å². The molecule has 1 aliphatic carbocycles. The van der Waals surface area contributed by atoms with Crippen LogP contribution in [0.4, 0.5) is 13.2 Å². The van der Waals surface area contributed by atoms with Gasteiger partial charge < -0.3 is 4.74 Å². The van der Waals surface area contributed by atoms with E-state index in [1.54, 1.807) is 6.92 Å². The molecule has 2 aromatic rings. The predicted octanol–water partition coefficient (Wildman–Crippen LogP) is 5.47. The van der Waals surface area contributed by atoms with E-state index in [2.05, 4.69) is 22.6 Å². The summed E-state index contributed by atoms with van der Waals surface area (Å²) in [6.07, 6.45) is 2.06. The summed E-state index contributed by atoms with van der Waals surface area (Å²) in [5.41, 5.74) is 3.36. The third-order valence-electron chi connectivity index (χ3n) is 5.59. The van der Waals surface area contributed by atoms with Crippen molar-refractivity contribution in [2.45, 2.75) is 50.3 Å². The first-order valence-corrected chi connectivity index (χ1v) is 9.85. The average molecular weight is 404 g/mol. The second-order valence-electron chi connectivity index (χ2n) is 7.43. The third-order valence-corrected chi connectivity index (χ3v) is 5.59. The first-order chi connectivity index (χ1) is 13.9. The van der Waals surface area contributed by atoms with Crippen molar-refractivity contribution in [1.29, 1.82) is 0 Å². The van der Waals surface area contributed by atoms with Crippen LogP contribution in [0.3, 0.4) is 0 Å². The molecule has 29 heavy (non-hydrogen) atoms. The Morgan fingerprint density at radius 1 is 1.24 bits per heavy atom. The van der Waals surface area contributed by atoms with E-state index in [4.69, 9.17) is 9.57 Å². The van der Waals surface area contributed by atoms with E-state index in [1.807, 2.05) is 24.3 Å². The van der Waals surface area contributed by atoms with Gasteiger partial charge in [0.15, 0.2) is 0 Å². The molecule has 4 nitrogen and oxygen atoms in total. The standard InChI is InChI=1S/C22H23F3N2O2/c1-2-28-20-17(12-16(14-26-20)22(23,24)25)19-13-21(29-27-19)11-7-6-10-18(21)15-8-4-3-5-9-15/h3-5,8-9,12-14,18,27H,2,6-7,10-11H2,1H3/t18-,21-/m0/s1. The number of hydroxylamine groups is 1. The van der Waals surface area contributed by atoms with Gasteiger partial charge in [-0.15, -0.1) is 0 Å². The second kappa shape index (κ2) is 7.71. The van der Waals surface area contributed by atoms with Gasteiger partial charge in [-0.2, -0.15) is 13.2 Å². The average Bonchev–Trinajstić information content (AvgIpc) is 3.13. The Balaban J connectivity index is 1.75. The van der Waals surface area contributed by atoms with Gasteiger partial charge in [-0.05, 0) is 37.5 Å². The summed E-state index contributed by atoms with van der Waals surface area (Å²) in [7, 11) is 0. The van der Waals surface area contributed by atoms with Gasteiger partial charge in [-0.1, -0.05) is 43.2 Å². The van der Waals surface area contributed by atoms with Crippen LogP contribution >= 0.6 is 0 Å². The van der Waals surface area contributed by atoms with E-state index in [0.29, 0.717) is 12.3 Å². The van der Waals surface area contributed by atoms with Gasteiger partial charge in [0, 0.05) is 12.1 Å². The lowest BCUT2D eigenvalue weighted by Gasteiger charge is -2.38. The number of aromatic nitrogens is 1. The molecule has 2 atom stereocenters. The number of rotatable bonds is 4. The molecule has 2 aliphatic rings. The molecule has 0 saturated heterocycles. The number of alkyl halides is 3. The molecule has 1 saturated carbocycles. The molecule has 4 rings (SSSR count). The van der Waals surface area contributed by atoms with Crippen LogP contribution in [-0.4, -0.2) is 17.2 Å². The number of ether oxygens (including phenoxy) is 1. The lowest BCUT2D eigenvalue weighted by Crippen LogP contribution is -2.39. The van der Waals surface area contributed by atoms with Gasteiger partial charge in [0.25, 0.3) is 0 Å². The molecule has 0 amide bonds. The van der Waals surface area contributed by atoms with Crippen molar-refractivity contribution in [3.63, 3.8) is 0 Å². The van der Waals surface area contributed by atoms with Gasteiger partial charge in [0.2, 0.25) is 5.88 Å². The summed E-state index contributed by atoms with van der Waals surface area (Å²) in [6.45, 7) is 2.07. The number of benzene rings is 1. The van der Waals surface area contributed by atoms with E-state index < -0.39 is 17.3 Å². The van der Waals surface area contributed by atoms with Crippen LogP contribution < -0.4 is 10.2 Å². The molecule has 1 aromatic heterocycles. The molecule has 154 valence electrons. The molecule has 1 N–H and O–H groups in total. The lowest BCUT2D eigenvalue weighted by atomic mass is 9.71.